The van der Waals surface area contributed by atoms with Gasteiger partial charge in [-0.1, -0.05) is 0 Å². The summed E-state index contributed by atoms with van der Waals surface area (Å²) in [6, 6.07) is -0.293. The molecule has 0 aromatic carbocycles. The van der Waals surface area contributed by atoms with Gasteiger partial charge in [0.15, 0.2) is 0 Å². The average Bonchev–Trinajstić information content (AvgIpc) is 1.88. The molecule has 0 fully saturated rings. The predicted molar refractivity (Wildman–Crippen MR) is 46.4 cm³/mol. The summed E-state index contributed by atoms with van der Waals surface area (Å²) in [5, 5.41) is 0. The van der Waals surface area contributed by atoms with Crippen molar-refractivity contribution in [3.8, 4) is 0 Å². The first-order chi connectivity index (χ1) is 4.68. The third kappa shape index (κ3) is 5.30. The fraction of sp³-hybridized carbons (Fsp3) is 0.833. The molecular formula is C6H12NOSSe. The summed E-state index contributed by atoms with van der Waals surface area (Å²) in [5.74, 6) is 2.07. The van der Waals surface area contributed by atoms with Gasteiger partial charge in [0.1, 0.15) is 0 Å². The molecule has 4 heteroatoms. The van der Waals surface area contributed by atoms with E-state index in [0.717, 1.165) is 17.9 Å². The Hall–Kier alpha value is 0.499. The third-order valence-electron chi connectivity index (χ3n) is 1.08. The number of carbonyl (C=O) groups excluding carboxylic acids is 1. The van der Waals surface area contributed by atoms with E-state index in [0.29, 0.717) is 0 Å². The van der Waals surface area contributed by atoms with E-state index in [9.17, 15) is 4.79 Å². The Labute approximate surface area is 74.1 Å². The second-order valence-electron chi connectivity index (χ2n) is 1.91. The van der Waals surface area contributed by atoms with E-state index in [1.807, 2.05) is 11.8 Å². The summed E-state index contributed by atoms with van der Waals surface area (Å²) in [6.45, 7) is 2.09. The topological polar surface area (TPSA) is 43.1 Å². The standard InChI is InChI=1S/C6H12NOSSe/c1-2-9-4-3-5(7)6(8)10/h5H,2-4,7H2,1H3. The second kappa shape index (κ2) is 6.23. The number of hydrogen-bond acceptors (Lipinski definition) is 3. The molecule has 0 bridgehead atoms. The van der Waals surface area contributed by atoms with Gasteiger partial charge >= 0.3 is 73.9 Å². The predicted octanol–water partition coefficient (Wildman–Crippen LogP) is 0.152. The molecule has 2 N–H and O–H groups in total. The number of rotatable bonds is 5. The molecule has 2 nitrogen and oxygen atoms in total. The molecule has 0 spiro atoms. The van der Waals surface area contributed by atoms with Crippen LogP contribution in [0.1, 0.15) is 13.3 Å². The zero-order chi connectivity index (χ0) is 7.98. The minimum absolute atomic E-state index is 0.0308. The van der Waals surface area contributed by atoms with Gasteiger partial charge in [0.2, 0.25) is 0 Å². The summed E-state index contributed by atoms with van der Waals surface area (Å²) in [6.07, 6.45) is 0.782. The molecule has 10 heavy (non-hydrogen) atoms. The van der Waals surface area contributed by atoms with Crippen LogP contribution in [0.15, 0.2) is 0 Å². The number of thioether (sulfide) groups is 1. The van der Waals surface area contributed by atoms with Crippen LogP contribution in [0.3, 0.4) is 0 Å². The fourth-order valence-electron chi connectivity index (χ4n) is 0.472. The van der Waals surface area contributed by atoms with Crippen molar-refractivity contribution in [1.29, 1.82) is 0 Å². The van der Waals surface area contributed by atoms with Crippen molar-refractivity contribution in [2.45, 2.75) is 19.4 Å². The molecule has 1 unspecified atom stereocenters. The molecule has 0 aliphatic heterocycles. The third-order valence-corrected chi connectivity index (χ3v) is 2.65. The van der Waals surface area contributed by atoms with Gasteiger partial charge < -0.3 is 0 Å². The Balaban J connectivity index is 3.21. The average molecular weight is 225 g/mol. The van der Waals surface area contributed by atoms with E-state index in [2.05, 4.69) is 22.9 Å². The molecule has 0 saturated carbocycles. The molecule has 0 aromatic rings. The van der Waals surface area contributed by atoms with Crippen molar-refractivity contribution in [3.63, 3.8) is 0 Å². The molecule has 0 heterocycles. The van der Waals surface area contributed by atoms with E-state index in [-0.39, 0.29) is 10.7 Å². The monoisotopic (exact) mass is 226 g/mol. The first-order valence-corrected chi connectivity index (χ1v) is 5.23. The summed E-state index contributed by atoms with van der Waals surface area (Å²) >= 11 is 4.20. The van der Waals surface area contributed by atoms with Gasteiger partial charge in [-0.05, 0) is 0 Å². The minimum atomic E-state index is -0.293. The van der Waals surface area contributed by atoms with Crippen LogP contribution in [0.5, 0.6) is 0 Å². The Morgan fingerprint density at radius 3 is 2.80 bits per heavy atom. The van der Waals surface area contributed by atoms with Gasteiger partial charge in [-0.2, -0.15) is 0 Å². The van der Waals surface area contributed by atoms with Crippen LogP contribution >= 0.6 is 11.8 Å². The second-order valence-corrected chi connectivity index (χ2v) is 4.15. The molecule has 59 valence electrons. The maximum absolute atomic E-state index is 10.5. The molecule has 0 aromatic heterocycles. The van der Waals surface area contributed by atoms with Gasteiger partial charge in [-0.25, -0.2) is 0 Å². The Morgan fingerprint density at radius 2 is 2.40 bits per heavy atom. The molecule has 0 amide bonds. The van der Waals surface area contributed by atoms with E-state index in [1.165, 1.54) is 0 Å². The molecular weight excluding hydrogens is 213 g/mol. The summed E-state index contributed by atoms with van der Waals surface area (Å²) < 4.78 is -0.0308. The SMILES string of the molecule is CCSCCC(N)C(=O)[Se]. The van der Waals surface area contributed by atoms with Crippen LogP contribution in [-0.2, 0) is 4.79 Å². The summed E-state index contributed by atoms with van der Waals surface area (Å²) in [7, 11) is 0. The van der Waals surface area contributed by atoms with E-state index in [4.69, 9.17) is 5.73 Å². The molecule has 0 aliphatic carbocycles. The van der Waals surface area contributed by atoms with Crippen molar-refractivity contribution in [1.82, 2.24) is 0 Å². The van der Waals surface area contributed by atoms with Gasteiger partial charge in [0, 0.05) is 0 Å². The van der Waals surface area contributed by atoms with Crippen molar-refractivity contribution in [2.75, 3.05) is 11.5 Å². The molecule has 0 aliphatic rings. The fourth-order valence-corrected chi connectivity index (χ4v) is 1.43. The first-order valence-electron chi connectivity index (χ1n) is 3.22. The first kappa shape index (κ1) is 10.5. The Bertz CT molecular complexity index is 110. The summed E-state index contributed by atoms with van der Waals surface area (Å²) in [4.78, 5) is 10.5. The zero-order valence-corrected chi connectivity index (χ0v) is 8.53. The Kier molecular flexibility index (Phi) is 6.54. The molecule has 1 atom stereocenters. The van der Waals surface area contributed by atoms with Crippen LogP contribution < -0.4 is 5.73 Å². The van der Waals surface area contributed by atoms with Crippen LogP contribution in [0.4, 0.5) is 0 Å². The van der Waals surface area contributed by atoms with Gasteiger partial charge in [0.25, 0.3) is 0 Å². The van der Waals surface area contributed by atoms with E-state index in [1.54, 1.807) is 0 Å². The maximum atomic E-state index is 10.5. The number of hydrogen-bond donors (Lipinski definition) is 1. The van der Waals surface area contributed by atoms with Crippen molar-refractivity contribution >= 4 is 32.5 Å². The van der Waals surface area contributed by atoms with Crippen LogP contribution in [-0.4, -0.2) is 38.2 Å². The molecule has 1 radical (unpaired) electrons. The van der Waals surface area contributed by atoms with Crippen molar-refractivity contribution in [2.24, 2.45) is 5.73 Å². The van der Waals surface area contributed by atoms with Crippen LogP contribution in [0.2, 0.25) is 0 Å². The Morgan fingerprint density at radius 1 is 1.80 bits per heavy atom. The van der Waals surface area contributed by atoms with Crippen molar-refractivity contribution in [3.05, 3.63) is 0 Å². The van der Waals surface area contributed by atoms with E-state index < -0.39 is 0 Å². The van der Waals surface area contributed by atoms with Gasteiger partial charge in [-0.15, -0.1) is 0 Å². The molecule has 0 saturated heterocycles. The number of nitrogens with two attached hydrogens (primary N) is 1. The van der Waals surface area contributed by atoms with E-state index >= 15 is 0 Å². The molecule has 0 rings (SSSR count). The quantitative estimate of drug-likeness (QED) is 0.535. The number of carbonyl (C=O) groups is 1. The summed E-state index contributed by atoms with van der Waals surface area (Å²) in [5.41, 5.74) is 5.46. The van der Waals surface area contributed by atoms with Gasteiger partial charge in [0.05, 0.1) is 0 Å². The van der Waals surface area contributed by atoms with Crippen LogP contribution in [0, 0.1) is 0 Å². The normalized spacial score (nSPS) is 13.0. The zero-order valence-electron chi connectivity index (χ0n) is 6.00. The van der Waals surface area contributed by atoms with Gasteiger partial charge in [-0.3, -0.25) is 0 Å². The van der Waals surface area contributed by atoms with Crippen molar-refractivity contribution < 1.29 is 4.79 Å². The van der Waals surface area contributed by atoms with Crippen LogP contribution in [0.25, 0.3) is 0 Å².